The van der Waals surface area contributed by atoms with Crippen LogP contribution in [0.15, 0.2) is 29.8 Å². The van der Waals surface area contributed by atoms with Crippen LogP contribution in [0.1, 0.15) is 37.3 Å². The number of benzene rings is 1. The summed E-state index contributed by atoms with van der Waals surface area (Å²) in [6.07, 6.45) is 7.20. The van der Waals surface area contributed by atoms with E-state index in [-0.39, 0.29) is 5.97 Å². The van der Waals surface area contributed by atoms with Gasteiger partial charge in [-0.2, -0.15) is 0 Å². The number of rotatable bonds is 7. The highest BCUT2D eigenvalue weighted by atomic mass is 16.5. The Hall–Kier alpha value is -1.81. The zero-order chi connectivity index (χ0) is 17.6. The molecule has 0 bridgehead atoms. The second-order valence-corrected chi connectivity index (χ2v) is 7.15. The molecular formula is C21H29NO3. The Morgan fingerprint density at radius 3 is 2.92 bits per heavy atom. The number of hydrogen-bond donors (Lipinski definition) is 0. The third kappa shape index (κ3) is 4.63. The number of carbonyl (C=O) groups is 1. The average Bonchev–Trinajstić information content (AvgIpc) is 3.03. The van der Waals surface area contributed by atoms with Crippen molar-refractivity contribution in [1.82, 2.24) is 4.90 Å². The van der Waals surface area contributed by atoms with E-state index in [4.69, 9.17) is 9.47 Å². The molecule has 0 aromatic heterocycles. The molecular weight excluding hydrogens is 314 g/mol. The van der Waals surface area contributed by atoms with Crippen LogP contribution in [0.2, 0.25) is 0 Å². The van der Waals surface area contributed by atoms with Crippen molar-refractivity contribution in [3.63, 3.8) is 0 Å². The van der Waals surface area contributed by atoms with Gasteiger partial charge in [0.05, 0.1) is 13.7 Å². The van der Waals surface area contributed by atoms with Gasteiger partial charge in [-0.25, -0.2) is 4.79 Å². The van der Waals surface area contributed by atoms with Crippen LogP contribution in [0.5, 0.6) is 5.75 Å². The highest BCUT2D eigenvalue weighted by Gasteiger charge is 2.26. The van der Waals surface area contributed by atoms with Crippen LogP contribution in [0, 0.1) is 5.92 Å². The normalized spacial score (nSPS) is 20.1. The van der Waals surface area contributed by atoms with Gasteiger partial charge in [0.1, 0.15) is 5.75 Å². The molecule has 0 N–H and O–H groups in total. The number of hydrogen-bond acceptors (Lipinski definition) is 4. The molecule has 1 aromatic carbocycles. The Morgan fingerprint density at radius 2 is 2.12 bits per heavy atom. The van der Waals surface area contributed by atoms with Crippen molar-refractivity contribution in [2.45, 2.75) is 39.0 Å². The van der Waals surface area contributed by atoms with Crippen LogP contribution < -0.4 is 4.74 Å². The van der Waals surface area contributed by atoms with E-state index in [1.807, 2.05) is 0 Å². The smallest absolute Gasteiger partial charge is 0.334 e. The molecule has 3 rings (SSSR count). The van der Waals surface area contributed by atoms with Crippen molar-refractivity contribution >= 4 is 5.97 Å². The SMILES string of the molecule is CCCCOC(=O)C1=CCCN(CC2Cc3ccc(OC)cc3C2)C1. The van der Waals surface area contributed by atoms with Crippen molar-refractivity contribution in [1.29, 1.82) is 0 Å². The number of fused-ring (bicyclic) bond motifs is 1. The number of esters is 1. The zero-order valence-electron chi connectivity index (χ0n) is 15.4. The highest BCUT2D eigenvalue weighted by molar-refractivity contribution is 5.89. The summed E-state index contributed by atoms with van der Waals surface area (Å²) >= 11 is 0. The molecule has 136 valence electrons. The van der Waals surface area contributed by atoms with Gasteiger partial charge in [0, 0.05) is 25.2 Å². The predicted molar refractivity (Wildman–Crippen MR) is 98.9 cm³/mol. The zero-order valence-corrected chi connectivity index (χ0v) is 15.4. The predicted octanol–water partition coefficient (Wildman–Crippen LogP) is 3.39. The minimum absolute atomic E-state index is 0.127. The lowest BCUT2D eigenvalue weighted by Gasteiger charge is -2.28. The van der Waals surface area contributed by atoms with Gasteiger partial charge >= 0.3 is 5.97 Å². The summed E-state index contributed by atoms with van der Waals surface area (Å²) in [4.78, 5) is 14.6. The summed E-state index contributed by atoms with van der Waals surface area (Å²) < 4.78 is 10.7. The van der Waals surface area contributed by atoms with Crippen LogP contribution in [0.3, 0.4) is 0 Å². The monoisotopic (exact) mass is 343 g/mol. The molecule has 1 aliphatic heterocycles. The van der Waals surface area contributed by atoms with E-state index in [1.165, 1.54) is 11.1 Å². The molecule has 0 saturated carbocycles. The van der Waals surface area contributed by atoms with Crippen molar-refractivity contribution < 1.29 is 14.3 Å². The van der Waals surface area contributed by atoms with E-state index in [9.17, 15) is 4.79 Å². The van der Waals surface area contributed by atoms with Gasteiger partial charge in [-0.3, -0.25) is 4.90 Å². The molecule has 0 amide bonds. The Balaban J connectivity index is 1.51. The first-order valence-corrected chi connectivity index (χ1v) is 9.44. The maximum atomic E-state index is 12.2. The summed E-state index contributed by atoms with van der Waals surface area (Å²) in [5, 5.41) is 0. The third-order valence-electron chi connectivity index (χ3n) is 5.17. The summed E-state index contributed by atoms with van der Waals surface area (Å²) in [5.74, 6) is 1.44. The number of methoxy groups -OCH3 is 1. The maximum Gasteiger partial charge on any atom is 0.334 e. The molecule has 2 aliphatic rings. The second kappa shape index (κ2) is 8.52. The Kier molecular flexibility index (Phi) is 6.14. The molecule has 4 nitrogen and oxygen atoms in total. The van der Waals surface area contributed by atoms with Gasteiger partial charge in [-0.1, -0.05) is 25.5 Å². The standard InChI is InChI=1S/C21H29NO3/c1-3-4-10-25-21(23)18-6-5-9-22(15-18)14-16-11-17-7-8-20(24-2)13-19(17)12-16/h6-8,13,16H,3-5,9-12,14-15H2,1-2H3. The first-order chi connectivity index (χ1) is 12.2. The quantitative estimate of drug-likeness (QED) is 0.562. The Labute approximate surface area is 150 Å². The van der Waals surface area contributed by atoms with Crippen LogP contribution in [0.4, 0.5) is 0 Å². The second-order valence-electron chi connectivity index (χ2n) is 7.15. The van der Waals surface area contributed by atoms with E-state index >= 15 is 0 Å². The third-order valence-corrected chi connectivity index (χ3v) is 5.17. The molecule has 0 fully saturated rings. The van der Waals surface area contributed by atoms with E-state index in [0.29, 0.717) is 12.5 Å². The summed E-state index contributed by atoms with van der Waals surface area (Å²) in [6.45, 7) is 5.43. The average molecular weight is 343 g/mol. The fourth-order valence-corrected chi connectivity index (χ4v) is 3.82. The van der Waals surface area contributed by atoms with Crippen LogP contribution in [-0.2, 0) is 22.4 Å². The lowest BCUT2D eigenvalue weighted by atomic mass is 10.0. The molecule has 25 heavy (non-hydrogen) atoms. The minimum Gasteiger partial charge on any atom is -0.497 e. The Bertz CT molecular complexity index is 638. The van der Waals surface area contributed by atoms with Gasteiger partial charge in [0.2, 0.25) is 0 Å². The van der Waals surface area contributed by atoms with Gasteiger partial charge in [0.15, 0.2) is 0 Å². The molecule has 0 spiro atoms. The van der Waals surface area contributed by atoms with Crippen LogP contribution in [0.25, 0.3) is 0 Å². The fourth-order valence-electron chi connectivity index (χ4n) is 3.82. The van der Waals surface area contributed by atoms with Crippen molar-refractivity contribution in [2.75, 3.05) is 33.4 Å². The highest BCUT2D eigenvalue weighted by Crippen LogP contribution is 2.30. The van der Waals surface area contributed by atoms with Gasteiger partial charge in [-0.15, -0.1) is 0 Å². The minimum atomic E-state index is -0.127. The lowest BCUT2D eigenvalue weighted by molar-refractivity contribution is -0.139. The van der Waals surface area contributed by atoms with E-state index in [1.54, 1.807) is 7.11 Å². The first-order valence-electron chi connectivity index (χ1n) is 9.44. The number of carbonyl (C=O) groups excluding carboxylic acids is 1. The molecule has 1 unspecified atom stereocenters. The maximum absolute atomic E-state index is 12.2. The molecule has 1 aromatic rings. The number of ether oxygens (including phenoxy) is 2. The van der Waals surface area contributed by atoms with Crippen molar-refractivity contribution in [3.8, 4) is 5.75 Å². The lowest BCUT2D eigenvalue weighted by Crippen LogP contribution is -2.36. The molecule has 1 atom stereocenters. The van der Waals surface area contributed by atoms with Gasteiger partial charge in [-0.05, 0) is 54.9 Å². The van der Waals surface area contributed by atoms with Gasteiger partial charge < -0.3 is 9.47 Å². The van der Waals surface area contributed by atoms with Crippen LogP contribution in [-0.4, -0.2) is 44.2 Å². The first kappa shape index (κ1) is 18.0. The molecule has 4 heteroatoms. The Morgan fingerprint density at radius 1 is 1.28 bits per heavy atom. The van der Waals surface area contributed by atoms with Crippen molar-refractivity contribution in [3.05, 3.63) is 41.0 Å². The largest absolute Gasteiger partial charge is 0.497 e. The summed E-state index contributed by atoms with van der Waals surface area (Å²) in [7, 11) is 1.72. The van der Waals surface area contributed by atoms with E-state index < -0.39 is 0 Å². The topological polar surface area (TPSA) is 38.8 Å². The summed E-state index contributed by atoms with van der Waals surface area (Å²) in [5.41, 5.74) is 3.69. The molecule has 1 heterocycles. The summed E-state index contributed by atoms with van der Waals surface area (Å²) in [6, 6.07) is 6.41. The number of nitrogens with zero attached hydrogens (tertiary/aromatic N) is 1. The van der Waals surface area contributed by atoms with Crippen molar-refractivity contribution in [2.24, 2.45) is 5.92 Å². The van der Waals surface area contributed by atoms with Gasteiger partial charge in [0.25, 0.3) is 0 Å². The molecule has 1 aliphatic carbocycles. The molecule has 0 radical (unpaired) electrons. The molecule has 0 saturated heterocycles. The van der Waals surface area contributed by atoms with E-state index in [2.05, 4.69) is 36.1 Å². The van der Waals surface area contributed by atoms with Crippen LogP contribution >= 0.6 is 0 Å². The van der Waals surface area contributed by atoms with E-state index in [0.717, 1.165) is 63.1 Å². The number of unbranched alkanes of at least 4 members (excludes halogenated alkanes) is 1. The fraction of sp³-hybridized carbons (Fsp3) is 0.571.